The van der Waals surface area contributed by atoms with Crippen molar-refractivity contribution in [2.75, 3.05) is 13.1 Å². The van der Waals surface area contributed by atoms with Crippen LogP contribution in [0, 0.1) is 11.8 Å². The molecule has 1 aliphatic heterocycles. The van der Waals surface area contributed by atoms with Gasteiger partial charge in [-0.3, -0.25) is 4.79 Å². The second-order valence-electron chi connectivity index (χ2n) is 5.83. The van der Waals surface area contributed by atoms with Crippen LogP contribution in [0.4, 0.5) is 0 Å². The molecule has 3 rings (SSSR count). The number of phenols is 2. The third-order valence-electron chi connectivity index (χ3n) is 4.54. The zero-order valence-electron chi connectivity index (χ0n) is 11.3. The summed E-state index contributed by atoms with van der Waals surface area (Å²) in [6.07, 6.45) is 3.05. The zero-order valence-corrected chi connectivity index (χ0v) is 11.3. The van der Waals surface area contributed by atoms with Crippen LogP contribution in [0.1, 0.15) is 29.6 Å². The van der Waals surface area contributed by atoms with E-state index in [0.29, 0.717) is 5.92 Å². The van der Waals surface area contributed by atoms with Gasteiger partial charge < -0.3 is 20.8 Å². The van der Waals surface area contributed by atoms with Gasteiger partial charge in [0.05, 0.1) is 0 Å². The molecular formula is C15H20N2O3. The highest BCUT2D eigenvalue weighted by molar-refractivity contribution is 5.99. The van der Waals surface area contributed by atoms with Crippen molar-refractivity contribution in [1.82, 2.24) is 10.6 Å². The lowest BCUT2D eigenvalue weighted by Gasteiger charge is -2.31. The quantitative estimate of drug-likeness (QED) is 0.654. The molecule has 0 spiro atoms. The van der Waals surface area contributed by atoms with Crippen molar-refractivity contribution in [3.63, 3.8) is 0 Å². The topological polar surface area (TPSA) is 81.6 Å². The lowest BCUT2D eigenvalue weighted by atomic mass is 9.79. The lowest BCUT2D eigenvalue weighted by Crippen LogP contribution is -2.40. The molecule has 1 saturated heterocycles. The van der Waals surface area contributed by atoms with Crippen LogP contribution in [0.3, 0.4) is 0 Å². The first kappa shape index (κ1) is 13.2. The van der Waals surface area contributed by atoms with E-state index in [1.165, 1.54) is 18.2 Å². The summed E-state index contributed by atoms with van der Waals surface area (Å²) in [7, 11) is 0. The molecule has 0 radical (unpaired) electrons. The molecule has 0 bridgehead atoms. The van der Waals surface area contributed by atoms with E-state index in [0.717, 1.165) is 38.3 Å². The van der Waals surface area contributed by atoms with Crippen LogP contribution in [0.25, 0.3) is 0 Å². The Hall–Kier alpha value is -1.75. The average molecular weight is 276 g/mol. The second kappa shape index (κ2) is 5.32. The van der Waals surface area contributed by atoms with Gasteiger partial charge in [0, 0.05) is 6.04 Å². The van der Waals surface area contributed by atoms with Gasteiger partial charge in [-0.05, 0) is 56.3 Å². The molecule has 20 heavy (non-hydrogen) atoms. The number of fused-ring (bicyclic) bond motifs is 1. The van der Waals surface area contributed by atoms with Crippen molar-refractivity contribution < 1.29 is 15.0 Å². The van der Waals surface area contributed by atoms with Crippen LogP contribution >= 0.6 is 0 Å². The number of carbonyl (C=O) groups is 1. The number of benzene rings is 1. The molecule has 4 N–H and O–H groups in total. The third-order valence-corrected chi connectivity index (χ3v) is 4.54. The van der Waals surface area contributed by atoms with Gasteiger partial charge in [-0.2, -0.15) is 0 Å². The van der Waals surface area contributed by atoms with Crippen LogP contribution in [-0.2, 0) is 0 Å². The van der Waals surface area contributed by atoms with Gasteiger partial charge in [-0.25, -0.2) is 0 Å². The Morgan fingerprint density at radius 2 is 1.85 bits per heavy atom. The molecule has 1 aromatic carbocycles. The molecule has 0 aromatic heterocycles. The number of carbonyl (C=O) groups excluding carboxylic acids is 1. The van der Waals surface area contributed by atoms with Gasteiger partial charge in [0.15, 0.2) is 0 Å². The van der Waals surface area contributed by atoms with E-state index in [1.54, 1.807) is 0 Å². The van der Waals surface area contributed by atoms with Gasteiger partial charge in [0.25, 0.3) is 5.91 Å². The van der Waals surface area contributed by atoms with Gasteiger partial charge in [0.2, 0.25) is 0 Å². The summed E-state index contributed by atoms with van der Waals surface area (Å²) in [5, 5.41) is 25.8. The molecule has 1 aliphatic carbocycles. The Labute approximate surface area is 118 Å². The van der Waals surface area contributed by atoms with E-state index >= 15 is 0 Å². The van der Waals surface area contributed by atoms with E-state index in [-0.39, 0.29) is 23.1 Å². The Morgan fingerprint density at radius 3 is 2.60 bits per heavy atom. The normalized spacial score (nSPS) is 28.9. The molecule has 1 amide bonds. The number of amides is 1. The SMILES string of the molecule is O=C(NC1CC[C@H]2CNC[C@H]2C1)c1c(O)cccc1O. The largest absolute Gasteiger partial charge is 0.507 e. The Bertz CT molecular complexity index is 498. The molecule has 3 atom stereocenters. The summed E-state index contributed by atoms with van der Waals surface area (Å²) in [6.45, 7) is 2.12. The van der Waals surface area contributed by atoms with Crippen molar-refractivity contribution >= 4 is 5.91 Å². The zero-order chi connectivity index (χ0) is 14.1. The van der Waals surface area contributed by atoms with Crippen LogP contribution in [0.2, 0.25) is 0 Å². The first-order valence-corrected chi connectivity index (χ1v) is 7.17. The van der Waals surface area contributed by atoms with E-state index in [4.69, 9.17) is 0 Å². The van der Waals surface area contributed by atoms with Crippen LogP contribution < -0.4 is 10.6 Å². The average Bonchev–Trinajstić information content (AvgIpc) is 2.85. The second-order valence-corrected chi connectivity index (χ2v) is 5.83. The minimum atomic E-state index is -0.394. The number of aromatic hydroxyl groups is 2. The molecule has 108 valence electrons. The summed E-state index contributed by atoms with van der Waals surface area (Å²) in [5.41, 5.74) is -0.0285. The molecule has 1 aromatic rings. The maximum atomic E-state index is 12.2. The van der Waals surface area contributed by atoms with Crippen molar-refractivity contribution in [3.05, 3.63) is 23.8 Å². The molecule has 2 fully saturated rings. The number of nitrogens with one attached hydrogen (secondary N) is 2. The first-order valence-electron chi connectivity index (χ1n) is 7.17. The molecule has 5 nitrogen and oxygen atoms in total. The molecule has 1 unspecified atom stereocenters. The van der Waals surface area contributed by atoms with Crippen LogP contribution in [0.15, 0.2) is 18.2 Å². The smallest absolute Gasteiger partial charge is 0.259 e. The number of hydrogen-bond donors (Lipinski definition) is 4. The number of phenolic OH excluding ortho intramolecular Hbond substituents is 2. The summed E-state index contributed by atoms with van der Waals surface area (Å²) >= 11 is 0. The minimum Gasteiger partial charge on any atom is -0.507 e. The summed E-state index contributed by atoms with van der Waals surface area (Å²) in [5.74, 6) is 0.612. The van der Waals surface area contributed by atoms with Crippen molar-refractivity contribution in [2.45, 2.75) is 25.3 Å². The van der Waals surface area contributed by atoms with Crippen LogP contribution in [0.5, 0.6) is 11.5 Å². The Kier molecular flexibility index (Phi) is 3.53. The van der Waals surface area contributed by atoms with Crippen molar-refractivity contribution in [3.8, 4) is 11.5 Å². The van der Waals surface area contributed by atoms with Crippen LogP contribution in [-0.4, -0.2) is 35.3 Å². The predicted molar refractivity (Wildman–Crippen MR) is 74.7 cm³/mol. The Morgan fingerprint density at radius 1 is 1.15 bits per heavy atom. The van der Waals surface area contributed by atoms with E-state index < -0.39 is 5.91 Å². The van der Waals surface area contributed by atoms with Crippen molar-refractivity contribution in [2.24, 2.45) is 11.8 Å². The summed E-state index contributed by atoms with van der Waals surface area (Å²) < 4.78 is 0. The van der Waals surface area contributed by atoms with E-state index in [9.17, 15) is 15.0 Å². The molecule has 1 saturated carbocycles. The monoisotopic (exact) mass is 276 g/mol. The first-order chi connectivity index (χ1) is 9.65. The van der Waals surface area contributed by atoms with Gasteiger partial charge in [0.1, 0.15) is 17.1 Å². The number of rotatable bonds is 2. The van der Waals surface area contributed by atoms with Gasteiger partial charge in [-0.1, -0.05) is 6.07 Å². The fourth-order valence-electron chi connectivity index (χ4n) is 3.45. The predicted octanol–water partition coefficient (Wildman–Crippen LogP) is 1.22. The third kappa shape index (κ3) is 2.45. The standard InChI is InChI=1S/C15H20N2O3/c18-12-2-1-3-13(19)14(12)15(20)17-11-5-4-9-7-16-8-10(9)6-11/h1-3,9-11,16,18-19H,4-8H2,(H,17,20)/t9-,10+,11?/m0/s1. The molecular weight excluding hydrogens is 256 g/mol. The number of hydrogen-bond acceptors (Lipinski definition) is 4. The van der Waals surface area contributed by atoms with Crippen molar-refractivity contribution in [1.29, 1.82) is 0 Å². The maximum Gasteiger partial charge on any atom is 0.259 e. The summed E-state index contributed by atoms with van der Waals surface area (Å²) in [4.78, 5) is 12.2. The van der Waals surface area contributed by atoms with E-state index in [1.807, 2.05) is 0 Å². The molecule has 2 aliphatic rings. The fraction of sp³-hybridized carbons (Fsp3) is 0.533. The highest BCUT2D eigenvalue weighted by Crippen LogP contribution is 2.33. The van der Waals surface area contributed by atoms with E-state index in [2.05, 4.69) is 10.6 Å². The molecule has 5 heteroatoms. The highest BCUT2D eigenvalue weighted by atomic mass is 16.3. The minimum absolute atomic E-state index is 0.0285. The Balaban J connectivity index is 1.67. The highest BCUT2D eigenvalue weighted by Gasteiger charge is 2.34. The lowest BCUT2D eigenvalue weighted by molar-refractivity contribution is 0.0908. The fourth-order valence-corrected chi connectivity index (χ4v) is 3.45. The maximum absolute atomic E-state index is 12.2. The molecule has 1 heterocycles. The summed E-state index contributed by atoms with van der Waals surface area (Å²) in [6, 6.07) is 4.46. The van der Waals surface area contributed by atoms with Gasteiger partial charge >= 0.3 is 0 Å². The van der Waals surface area contributed by atoms with Gasteiger partial charge in [-0.15, -0.1) is 0 Å².